The average molecular weight is 450 g/mol. The summed E-state index contributed by atoms with van der Waals surface area (Å²) < 4.78 is 39.5. The Labute approximate surface area is 177 Å². The number of amides is 2. The Morgan fingerprint density at radius 1 is 1.06 bits per heavy atom. The van der Waals surface area contributed by atoms with Gasteiger partial charge < -0.3 is 0 Å². The van der Waals surface area contributed by atoms with Gasteiger partial charge in [-0.05, 0) is 43.2 Å². The molecule has 0 aromatic heterocycles. The summed E-state index contributed by atoms with van der Waals surface area (Å²) in [6, 6.07) is 9.55. The molecule has 10 nitrogen and oxygen atoms in total. The van der Waals surface area contributed by atoms with Crippen LogP contribution in [0.25, 0.3) is 0 Å². The minimum Gasteiger partial charge on any atom is -0.273 e. The molecule has 3 rings (SSSR count). The molecule has 0 radical (unpaired) electrons. The number of halogens is 1. The number of hydrogen-bond acceptors (Lipinski definition) is 6. The Balaban J connectivity index is 1.53. The van der Waals surface area contributed by atoms with Gasteiger partial charge in [0.1, 0.15) is 5.82 Å². The summed E-state index contributed by atoms with van der Waals surface area (Å²) in [5, 5.41) is 10.8. The van der Waals surface area contributed by atoms with Crippen LogP contribution < -0.4 is 10.9 Å². The number of piperidine rings is 1. The molecule has 2 N–H and O–H groups in total. The molecule has 2 amide bonds. The van der Waals surface area contributed by atoms with Gasteiger partial charge in [-0.25, -0.2) is 12.8 Å². The van der Waals surface area contributed by atoms with Crippen molar-refractivity contribution in [1.82, 2.24) is 15.2 Å². The van der Waals surface area contributed by atoms with Crippen LogP contribution in [0.2, 0.25) is 0 Å². The van der Waals surface area contributed by atoms with Crippen molar-refractivity contribution in [2.75, 3.05) is 13.1 Å². The largest absolute Gasteiger partial charge is 0.273 e. The molecule has 2 aromatic rings. The summed E-state index contributed by atoms with van der Waals surface area (Å²) in [6.07, 6.45) is 0.470. The van der Waals surface area contributed by atoms with E-state index in [1.807, 2.05) is 0 Å². The first-order chi connectivity index (χ1) is 14.7. The van der Waals surface area contributed by atoms with Crippen LogP contribution >= 0.6 is 0 Å². The molecule has 1 heterocycles. The fraction of sp³-hybridized carbons (Fsp3) is 0.263. The maximum Gasteiger partial charge on any atom is 0.270 e. The van der Waals surface area contributed by atoms with Crippen LogP contribution in [0.1, 0.15) is 23.2 Å². The molecule has 0 bridgehead atoms. The van der Waals surface area contributed by atoms with Crippen LogP contribution in [0, 0.1) is 21.8 Å². The number of nitro groups is 1. The van der Waals surface area contributed by atoms with Gasteiger partial charge in [-0.2, -0.15) is 4.31 Å². The first-order valence-electron chi connectivity index (χ1n) is 9.29. The van der Waals surface area contributed by atoms with Gasteiger partial charge in [0.05, 0.1) is 9.82 Å². The van der Waals surface area contributed by atoms with Crippen LogP contribution in [0.3, 0.4) is 0 Å². The lowest BCUT2D eigenvalue weighted by Gasteiger charge is -2.30. The molecular formula is C19H19FN4O6S. The van der Waals surface area contributed by atoms with Gasteiger partial charge in [0.2, 0.25) is 15.9 Å². The average Bonchev–Trinajstić information content (AvgIpc) is 2.77. The Bertz CT molecular complexity index is 1100. The zero-order valence-corrected chi connectivity index (χ0v) is 17.0. The van der Waals surface area contributed by atoms with Gasteiger partial charge in [-0.1, -0.05) is 6.07 Å². The number of sulfonamides is 1. The third-order valence-electron chi connectivity index (χ3n) is 4.89. The molecule has 0 unspecified atom stereocenters. The summed E-state index contributed by atoms with van der Waals surface area (Å²) in [6.45, 7) is 0.188. The van der Waals surface area contributed by atoms with Crippen molar-refractivity contribution in [3.05, 3.63) is 70.0 Å². The molecule has 31 heavy (non-hydrogen) atoms. The molecule has 1 saturated heterocycles. The number of carbonyl (C=O) groups is 2. The van der Waals surface area contributed by atoms with Crippen molar-refractivity contribution in [2.45, 2.75) is 17.7 Å². The minimum absolute atomic E-state index is 0.00899. The van der Waals surface area contributed by atoms with Gasteiger partial charge in [-0.15, -0.1) is 0 Å². The van der Waals surface area contributed by atoms with Gasteiger partial charge in [0.25, 0.3) is 11.6 Å². The summed E-state index contributed by atoms with van der Waals surface area (Å²) in [5.74, 6) is -2.27. The fourth-order valence-corrected chi connectivity index (χ4v) is 4.64. The Hall–Kier alpha value is -3.38. The van der Waals surface area contributed by atoms with Crippen molar-refractivity contribution in [1.29, 1.82) is 0 Å². The first kappa shape index (κ1) is 22.3. The highest BCUT2D eigenvalue weighted by atomic mass is 32.2. The molecule has 0 saturated carbocycles. The highest BCUT2D eigenvalue weighted by Crippen LogP contribution is 2.24. The van der Waals surface area contributed by atoms with E-state index in [4.69, 9.17) is 0 Å². The number of benzene rings is 2. The normalized spacial score (nSPS) is 15.3. The third kappa shape index (κ3) is 5.22. The number of hydrazine groups is 1. The number of rotatable bonds is 5. The molecule has 1 fully saturated rings. The lowest BCUT2D eigenvalue weighted by atomic mass is 9.98. The SMILES string of the molecule is O=C(NNC(=O)C1CCN(S(=O)(=O)c2ccc(F)cc2)CC1)c1cccc([N+](=O)[O-])c1. The smallest absolute Gasteiger partial charge is 0.270 e. The number of nitrogens with zero attached hydrogens (tertiary/aromatic N) is 2. The monoisotopic (exact) mass is 450 g/mol. The van der Waals surface area contributed by atoms with Crippen LogP contribution in [0.15, 0.2) is 53.4 Å². The van der Waals surface area contributed by atoms with Crippen molar-refractivity contribution in [3.8, 4) is 0 Å². The van der Waals surface area contributed by atoms with Crippen molar-refractivity contribution >= 4 is 27.5 Å². The van der Waals surface area contributed by atoms with Gasteiger partial charge >= 0.3 is 0 Å². The zero-order valence-electron chi connectivity index (χ0n) is 16.2. The molecule has 164 valence electrons. The second kappa shape index (κ2) is 9.18. The van der Waals surface area contributed by atoms with E-state index in [1.165, 1.54) is 34.6 Å². The molecule has 1 aliphatic heterocycles. The quantitative estimate of drug-likeness (QED) is 0.524. The predicted octanol–water partition coefficient (Wildman–Crippen LogP) is 1.60. The minimum atomic E-state index is -3.79. The fourth-order valence-electron chi connectivity index (χ4n) is 3.17. The number of nitrogens with one attached hydrogen (secondary N) is 2. The lowest BCUT2D eigenvalue weighted by Crippen LogP contribution is -2.48. The topological polar surface area (TPSA) is 139 Å². The van der Waals surface area contributed by atoms with Crippen LogP contribution in [0.4, 0.5) is 10.1 Å². The molecule has 0 spiro atoms. The predicted molar refractivity (Wildman–Crippen MR) is 107 cm³/mol. The number of nitro benzene ring substituents is 1. The summed E-state index contributed by atoms with van der Waals surface area (Å²) >= 11 is 0. The van der Waals surface area contributed by atoms with E-state index in [0.717, 1.165) is 18.2 Å². The van der Waals surface area contributed by atoms with Crippen LogP contribution in [-0.2, 0) is 14.8 Å². The van der Waals surface area contributed by atoms with Gasteiger partial charge in [0.15, 0.2) is 0 Å². The van der Waals surface area contributed by atoms with Crippen LogP contribution in [-0.4, -0.2) is 42.6 Å². The van der Waals surface area contributed by atoms with E-state index < -0.39 is 38.5 Å². The van der Waals surface area contributed by atoms with E-state index in [0.29, 0.717) is 0 Å². The summed E-state index contributed by atoms with van der Waals surface area (Å²) in [4.78, 5) is 34.6. The number of non-ortho nitro benzene ring substituents is 1. The highest BCUT2D eigenvalue weighted by molar-refractivity contribution is 7.89. The molecule has 12 heteroatoms. The van der Waals surface area contributed by atoms with E-state index >= 15 is 0 Å². The maximum absolute atomic E-state index is 13.0. The first-order valence-corrected chi connectivity index (χ1v) is 10.7. The summed E-state index contributed by atoms with van der Waals surface area (Å²) in [7, 11) is -3.79. The highest BCUT2D eigenvalue weighted by Gasteiger charge is 2.32. The third-order valence-corrected chi connectivity index (χ3v) is 6.81. The van der Waals surface area contributed by atoms with Crippen molar-refractivity contribution in [3.63, 3.8) is 0 Å². The second-order valence-corrected chi connectivity index (χ2v) is 8.82. The van der Waals surface area contributed by atoms with Gasteiger partial charge in [-0.3, -0.25) is 30.6 Å². The van der Waals surface area contributed by atoms with Crippen LogP contribution in [0.5, 0.6) is 0 Å². The van der Waals surface area contributed by atoms with E-state index in [-0.39, 0.29) is 42.1 Å². The van der Waals surface area contributed by atoms with Gasteiger partial charge in [0, 0.05) is 36.7 Å². The second-order valence-electron chi connectivity index (χ2n) is 6.88. The van der Waals surface area contributed by atoms with E-state index in [1.54, 1.807) is 0 Å². The zero-order chi connectivity index (χ0) is 22.6. The molecule has 1 aliphatic rings. The number of carbonyl (C=O) groups excluding carboxylic acids is 2. The Morgan fingerprint density at radius 2 is 1.71 bits per heavy atom. The molecule has 0 atom stereocenters. The Kier molecular flexibility index (Phi) is 6.61. The van der Waals surface area contributed by atoms with Crippen molar-refractivity contribution in [2.24, 2.45) is 5.92 Å². The maximum atomic E-state index is 13.0. The lowest BCUT2D eigenvalue weighted by molar-refractivity contribution is -0.384. The Morgan fingerprint density at radius 3 is 2.32 bits per heavy atom. The molecular weight excluding hydrogens is 431 g/mol. The number of hydrogen-bond donors (Lipinski definition) is 2. The van der Waals surface area contributed by atoms with E-state index in [9.17, 15) is 32.5 Å². The van der Waals surface area contributed by atoms with Crippen molar-refractivity contribution < 1.29 is 27.3 Å². The summed E-state index contributed by atoms with van der Waals surface area (Å²) in [5.41, 5.74) is 4.23. The van der Waals surface area contributed by atoms with E-state index in [2.05, 4.69) is 10.9 Å². The molecule has 2 aromatic carbocycles. The standard InChI is InChI=1S/C19H19FN4O6S/c20-15-4-6-17(7-5-15)31(29,30)23-10-8-13(9-11-23)18(25)21-22-19(26)14-2-1-3-16(12-14)24(27)28/h1-7,12-13H,8-11H2,(H,21,25)(H,22,26). The molecule has 0 aliphatic carbocycles.